The maximum absolute atomic E-state index is 6.68. The molecule has 0 fully saturated rings. The number of fused-ring (bicyclic) bond motifs is 7. The molecule has 0 aliphatic carbocycles. The van der Waals surface area contributed by atoms with Gasteiger partial charge in [0.15, 0.2) is 5.58 Å². The highest BCUT2D eigenvalue weighted by Crippen LogP contribution is 2.44. The van der Waals surface area contributed by atoms with Crippen LogP contribution in [0.5, 0.6) is 0 Å². The molecule has 0 amide bonds. The van der Waals surface area contributed by atoms with Gasteiger partial charge in [0, 0.05) is 28.0 Å². The summed E-state index contributed by atoms with van der Waals surface area (Å²) in [6, 6.07) is 64.6. The maximum Gasteiger partial charge on any atom is 0.227 e. The fourth-order valence-electron chi connectivity index (χ4n) is 7.48. The quantitative estimate of drug-likeness (QED) is 0.176. The molecular weight excluding hydrogens is 609 g/mol. The van der Waals surface area contributed by atoms with Crippen molar-refractivity contribution in [2.24, 2.45) is 0 Å². The molecule has 9 aromatic carbocycles. The average molecular weight is 639 g/mol. The molecule has 0 bridgehead atoms. The first kappa shape index (κ1) is 28.3. The fraction of sp³-hybridized carbons (Fsp3) is 0. The molecule has 0 aliphatic heterocycles. The Morgan fingerprint density at radius 3 is 1.94 bits per heavy atom. The van der Waals surface area contributed by atoms with E-state index < -0.39 is 0 Å². The van der Waals surface area contributed by atoms with Gasteiger partial charge in [-0.2, -0.15) is 0 Å². The van der Waals surface area contributed by atoms with E-state index in [4.69, 9.17) is 9.40 Å². The molecule has 3 heteroatoms. The van der Waals surface area contributed by atoms with Gasteiger partial charge in [0.25, 0.3) is 0 Å². The minimum atomic E-state index is 0.623. The monoisotopic (exact) mass is 638 g/mol. The molecular formula is C47H30N2O. The molecule has 0 atom stereocenters. The number of para-hydroxylation sites is 1. The number of anilines is 3. The van der Waals surface area contributed by atoms with Crippen molar-refractivity contribution in [3.8, 4) is 22.6 Å². The van der Waals surface area contributed by atoms with Gasteiger partial charge >= 0.3 is 0 Å². The zero-order valence-electron chi connectivity index (χ0n) is 27.1. The number of oxazole rings is 1. The Hall–Kier alpha value is -6.71. The van der Waals surface area contributed by atoms with Crippen LogP contribution in [0.1, 0.15) is 0 Å². The van der Waals surface area contributed by atoms with Gasteiger partial charge in [0.1, 0.15) is 5.52 Å². The Morgan fingerprint density at radius 2 is 1.08 bits per heavy atom. The van der Waals surface area contributed by atoms with Crippen LogP contribution < -0.4 is 4.90 Å². The lowest BCUT2D eigenvalue weighted by atomic mass is 9.90. The molecule has 0 saturated carbocycles. The SMILES string of the molecule is c1ccc(-c2nc3ccc4cc(-c5cccc6ccccc56)c5ccc(N(c6ccccc6)c6ccc7ccccc7c6)cc5c4c3o2)cc1. The molecule has 3 nitrogen and oxygen atoms in total. The van der Waals surface area contributed by atoms with E-state index in [0.717, 1.165) is 55.3 Å². The first-order valence-electron chi connectivity index (χ1n) is 17.0. The van der Waals surface area contributed by atoms with Gasteiger partial charge < -0.3 is 9.32 Å². The minimum Gasteiger partial charge on any atom is -0.435 e. The number of hydrogen-bond acceptors (Lipinski definition) is 3. The van der Waals surface area contributed by atoms with Crippen LogP contribution in [-0.4, -0.2) is 4.98 Å². The summed E-state index contributed by atoms with van der Waals surface area (Å²) < 4.78 is 6.68. The Balaban J connectivity index is 1.29. The lowest BCUT2D eigenvalue weighted by Crippen LogP contribution is -2.09. The fourth-order valence-corrected chi connectivity index (χ4v) is 7.48. The number of nitrogens with zero attached hydrogens (tertiary/aromatic N) is 2. The molecule has 0 unspecified atom stereocenters. The molecule has 10 rings (SSSR count). The molecule has 0 N–H and O–H groups in total. The summed E-state index contributed by atoms with van der Waals surface area (Å²) in [6.45, 7) is 0. The molecule has 0 radical (unpaired) electrons. The summed E-state index contributed by atoms with van der Waals surface area (Å²) in [5.41, 5.74) is 8.25. The van der Waals surface area contributed by atoms with Crippen molar-refractivity contribution in [2.45, 2.75) is 0 Å². The van der Waals surface area contributed by atoms with Crippen molar-refractivity contribution < 1.29 is 4.42 Å². The Morgan fingerprint density at radius 1 is 0.400 bits per heavy atom. The zero-order valence-corrected chi connectivity index (χ0v) is 27.1. The second kappa shape index (κ2) is 11.5. The van der Waals surface area contributed by atoms with E-state index in [0.29, 0.717) is 5.89 Å². The molecule has 0 spiro atoms. The van der Waals surface area contributed by atoms with Gasteiger partial charge in [-0.05, 0) is 109 Å². The second-order valence-corrected chi connectivity index (χ2v) is 12.8. The summed E-state index contributed by atoms with van der Waals surface area (Å²) in [7, 11) is 0. The van der Waals surface area contributed by atoms with Crippen LogP contribution in [0.25, 0.3) is 76.8 Å². The second-order valence-electron chi connectivity index (χ2n) is 12.8. The van der Waals surface area contributed by atoms with Gasteiger partial charge in [-0.15, -0.1) is 0 Å². The van der Waals surface area contributed by atoms with Crippen LogP contribution in [0.4, 0.5) is 17.1 Å². The molecule has 10 aromatic rings. The number of rotatable bonds is 5. The van der Waals surface area contributed by atoms with Gasteiger partial charge in [-0.25, -0.2) is 4.98 Å². The van der Waals surface area contributed by atoms with Crippen molar-refractivity contribution in [1.82, 2.24) is 4.98 Å². The van der Waals surface area contributed by atoms with Gasteiger partial charge in [0.2, 0.25) is 5.89 Å². The van der Waals surface area contributed by atoms with Crippen molar-refractivity contribution in [2.75, 3.05) is 4.90 Å². The Labute approximate surface area is 289 Å². The first-order chi connectivity index (χ1) is 24.8. The van der Waals surface area contributed by atoms with Crippen molar-refractivity contribution in [3.05, 3.63) is 182 Å². The third kappa shape index (κ3) is 4.63. The van der Waals surface area contributed by atoms with Crippen molar-refractivity contribution >= 4 is 71.3 Å². The largest absolute Gasteiger partial charge is 0.435 e. The summed E-state index contributed by atoms with van der Waals surface area (Å²) >= 11 is 0. The van der Waals surface area contributed by atoms with Crippen LogP contribution in [0, 0.1) is 0 Å². The Kier molecular flexibility index (Phi) is 6.49. The van der Waals surface area contributed by atoms with E-state index in [9.17, 15) is 0 Å². The van der Waals surface area contributed by atoms with Gasteiger partial charge in [0.05, 0.1) is 0 Å². The highest BCUT2D eigenvalue weighted by molar-refractivity contribution is 6.23. The highest BCUT2D eigenvalue weighted by atomic mass is 16.3. The zero-order chi connectivity index (χ0) is 33.0. The Bertz CT molecular complexity index is 2870. The third-order valence-corrected chi connectivity index (χ3v) is 9.82. The molecule has 1 aromatic heterocycles. The van der Waals surface area contributed by atoms with E-state index in [1.807, 2.05) is 30.3 Å². The van der Waals surface area contributed by atoms with Gasteiger partial charge in [-0.1, -0.05) is 121 Å². The van der Waals surface area contributed by atoms with Crippen LogP contribution in [0.2, 0.25) is 0 Å². The molecule has 50 heavy (non-hydrogen) atoms. The lowest BCUT2D eigenvalue weighted by Gasteiger charge is -2.26. The summed E-state index contributed by atoms with van der Waals surface area (Å²) in [6.07, 6.45) is 0. The van der Waals surface area contributed by atoms with E-state index >= 15 is 0 Å². The molecule has 1 heterocycles. The highest BCUT2D eigenvalue weighted by Gasteiger charge is 2.20. The molecule has 234 valence electrons. The summed E-state index contributed by atoms with van der Waals surface area (Å²) in [5, 5.41) is 9.32. The normalized spacial score (nSPS) is 11.6. The van der Waals surface area contributed by atoms with Crippen LogP contribution >= 0.6 is 0 Å². The van der Waals surface area contributed by atoms with Crippen molar-refractivity contribution in [1.29, 1.82) is 0 Å². The van der Waals surface area contributed by atoms with Crippen LogP contribution in [-0.2, 0) is 0 Å². The van der Waals surface area contributed by atoms with E-state index in [1.165, 1.54) is 32.7 Å². The van der Waals surface area contributed by atoms with Gasteiger partial charge in [-0.3, -0.25) is 0 Å². The third-order valence-electron chi connectivity index (χ3n) is 9.82. The summed E-state index contributed by atoms with van der Waals surface area (Å²) in [5.74, 6) is 0.623. The predicted molar refractivity (Wildman–Crippen MR) is 210 cm³/mol. The smallest absolute Gasteiger partial charge is 0.227 e. The topological polar surface area (TPSA) is 29.3 Å². The van der Waals surface area contributed by atoms with Crippen molar-refractivity contribution in [3.63, 3.8) is 0 Å². The number of hydrogen-bond donors (Lipinski definition) is 0. The average Bonchev–Trinajstić information content (AvgIpc) is 3.63. The number of aromatic nitrogens is 1. The standard InChI is InChI=1S/C47H30N2O/c1-3-14-33(15-4-1)47-48-44-27-23-35-29-42(40-21-11-17-32-13-9-10-20-39(32)40)41-26-25-38(30-43(41)45(35)46(44)50-47)49(36-18-5-2-6-19-36)37-24-22-31-12-7-8-16-34(31)28-37/h1-30H. The lowest BCUT2D eigenvalue weighted by molar-refractivity contribution is 0.623. The maximum atomic E-state index is 6.68. The predicted octanol–water partition coefficient (Wildman–Crippen LogP) is 13.2. The van der Waals surface area contributed by atoms with E-state index in [2.05, 4.69) is 157 Å². The van der Waals surface area contributed by atoms with E-state index in [-0.39, 0.29) is 0 Å². The summed E-state index contributed by atoms with van der Waals surface area (Å²) in [4.78, 5) is 7.31. The minimum absolute atomic E-state index is 0.623. The van der Waals surface area contributed by atoms with E-state index in [1.54, 1.807) is 0 Å². The molecule has 0 aliphatic rings. The van der Waals surface area contributed by atoms with Crippen LogP contribution in [0.3, 0.4) is 0 Å². The van der Waals surface area contributed by atoms with Crippen LogP contribution in [0.15, 0.2) is 186 Å². The number of benzene rings is 9. The first-order valence-corrected chi connectivity index (χ1v) is 17.0. The molecule has 0 saturated heterocycles.